The van der Waals surface area contributed by atoms with Crippen molar-refractivity contribution in [1.82, 2.24) is 4.98 Å². The highest BCUT2D eigenvalue weighted by molar-refractivity contribution is 7.92. The number of aromatic carboxylic acids is 1. The lowest BCUT2D eigenvalue weighted by Gasteiger charge is -2.23. The number of carboxylic acid groups (broad SMARTS) is 1. The van der Waals surface area contributed by atoms with E-state index >= 15 is 0 Å². The van der Waals surface area contributed by atoms with Crippen LogP contribution in [0.2, 0.25) is 0 Å². The van der Waals surface area contributed by atoms with E-state index in [4.69, 9.17) is 5.11 Å². The Bertz CT molecular complexity index is 779. The molecule has 0 aliphatic heterocycles. The van der Waals surface area contributed by atoms with Gasteiger partial charge in [-0.15, -0.1) is 0 Å². The number of hydrogen-bond donors (Lipinski definition) is 2. The van der Waals surface area contributed by atoms with Crippen LogP contribution in [0.1, 0.15) is 23.3 Å². The van der Waals surface area contributed by atoms with Crippen LogP contribution in [-0.2, 0) is 10.0 Å². The molecule has 1 aliphatic rings. The first-order valence-electron chi connectivity index (χ1n) is 6.98. The molecule has 0 spiro atoms. The van der Waals surface area contributed by atoms with E-state index in [2.05, 4.69) is 4.98 Å². The van der Waals surface area contributed by atoms with Crippen LogP contribution in [0, 0.1) is 5.92 Å². The van der Waals surface area contributed by atoms with Crippen LogP contribution in [-0.4, -0.2) is 31.0 Å². The smallest absolute Gasteiger partial charge is 0.352 e. The van der Waals surface area contributed by atoms with Gasteiger partial charge in [0.15, 0.2) is 0 Å². The maximum absolute atomic E-state index is 12.8. The highest BCUT2D eigenvalue weighted by Crippen LogP contribution is 2.34. The molecular weight excluding hydrogens is 304 g/mol. The molecule has 1 fully saturated rings. The van der Waals surface area contributed by atoms with Gasteiger partial charge in [0.2, 0.25) is 0 Å². The number of hydrogen-bond acceptors (Lipinski definition) is 3. The van der Waals surface area contributed by atoms with Crippen molar-refractivity contribution in [1.29, 1.82) is 0 Å². The summed E-state index contributed by atoms with van der Waals surface area (Å²) in [6.07, 6.45) is 3.26. The van der Waals surface area contributed by atoms with Gasteiger partial charge in [0.1, 0.15) is 10.6 Å². The van der Waals surface area contributed by atoms with Crippen LogP contribution in [0.3, 0.4) is 0 Å². The predicted octanol–water partition coefficient (Wildman–Crippen LogP) is 2.32. The Morgan fingerprint density at radius 3 is 2.50 bits per heavy atom. The zero-order chi connectivity index (χ0) is 15.7. The summed E-state index contributed by atoms with van der Waals surface area (Å²) in [4.78, 5) is 13.4. The van der Waals surface area contributed by atoms with Crippen LogP contribution in [0.15, 0.2) is 47.5 Å². The molecule has 0 radical (unpaired) electrons. The van der Waals surface area contributed by atoms with Crippen LogP contribution >= 0.6 is 0 Å². The van der Waals surface area contributed by atoms with E-state index in [-0.39, 0.29) is 10.6 Å². The minimum atomic E-state index is -3.78. The summed E-state index contributed by atoms with van der Waals surface area (Å²) in [5.41, 5.74) is 0.450. The van der Waals surface area contributed by atoms with E-state index < -0.39 is 16.0 Å². The summed E-state index contributed by atoms with van der Waals surface area (Å²) in [5.74, 6) is -0.817. The standard InChI is InChI=1S/C15H16N2O4S/c18-15(19)14-8-13(9-16-14)22(20,21)17(10-11-6-7-11)12-4-2-1-3-5-12/h1-5,8-9,11,16H,6-7,10H2,(H,18,19). The molecule has 1 saturated carbocycles. The summed E-state index contributed by atoms with van der Waals surface area (Å²) >= 11 is 0. The highest BCUT2D eigenvalue weighted by Gasteiger charge is 2.32. The van der Waals surface area contributed by atoms with E-state index in [0.29, 0.717) is 18.2 Å². The molecule has 0 unspecified atom stereocenters. The van der Waals surface area contributed by atoms with Gasteiger partial charge < -0.3 is 10.1 Å². The SMILES string of the molecule is O=C(O)c1cc(S(=O)(=O)N(CC2CC2)c2ccccc2)c[nH]1. The summed E-state index contributed by atoms with van der Waals surface area (Å²) in [6.45, 7) is 0.417. The minimum absolute atomic E-state index is 0.0330. The second kappa shape index (κ2) is 5.49. The topological polar surface area (TPSA) is 90.5 Å². The molecule has 6 nitrogen and oxygen atoms in total. The van der Waals surface area contributed by atoms with Crippen molar-refractivity contribution in [3.8, 4) is 0 Å². The number of aromatic amines is 1. The van der Waals surface area contributed by atoms with Gasteiger partial charge in [-0.25, -0.2) is 13.2 Å². The van der Waals surface area contributed by atoms with E-state index in [1.807, 2.05) is 6.07 Å². The van der Waals surface area contributed by atoms with Gasteiger partial charge in [0, 0.05) is 12.7 Å². The van der Waals surface area contributed by atoms with E-state index in [9.17, 15) is 13.2 Å². The fraction of sp³-hybridized carbons (Fsp3) is 0.267. The first kappa shape index (κ1) is 14.6. The van der Waals surface area contributed by atoms with Crippen LogP contribution in [0.4, 0.5) is 5.69 Å². The van der Waals surface area contributed by atoms with Gasteiger partial charge in [0.05, 0.1) is 5.69 Å². The first-order chi connectivity index (χ1) is 10.5. The molecule has 1 aliphatic carbocycles. The maximum atomic E-state index is 12.8. The number of para-hydroxylation sites is 1. The third-order valence-electron chi connectivity index (χ3n) is 3.64. The average Bonchev–Trinajstić information content (AvgIpc) is 3.17. The van der Waals surface area contributed by atoms with Crippen molar-refractivity contribution in [2.75, 3.05) is 10.8 Å². The summed E-state index contributed by atoms with van der Waals surface area (Å²) in [5, 5.41) is 8.94. The highest BCUT2D eigenvalue weighted by atomic mass is 32.2. The molecule has 0 atom stereocenters. The molecule has 2 aromatic rings. The Hall–Kier alpha value is -2.28. The Balaban J connectivity index is 1.99. The zero-order valence-electron chi connectivity index (χ0n) is 11.8. The molecule has 0 bridgehead atoms. The van der Waals surface area contributed by atoms with E-state index in [0.717, 1.165) is 18.9 Å². The molecule has 3 rings (SSSR count). The number of sulfonamides is 1. The molecule has 1 heterocycles. The number of nitrogens with zero attached hydrogens (tertiary/aromatic N) is 1. The van der Waals surface area contributed by atoms with Gasteiger partial charge in [-0.05, 0) is 37.0 Å². The van der Waals surface area contributed by atoms with Crippen molar-refractivity contribution < 1.29 is 18.3 Å². The number of aromatic nitrogens is 1. The number of nitrogens with one attached hydrogen (secondary N) is 1. The van der Waals surface area contributed by atoms with Crippen molar-refractivity contribution >= 4 is 21.7 Å². The van der Waals surface area contributed by atoms with Crippen molar-refractivity contribution in [3.63, 3.8) is 0 Å². The van der Waals surface area contributed by atoms with Crippen LogP contribution in [0.25, 0.3) is 0 Å². The lowest BCUT2D eigenvalue weighted by Crippen LogP contribution is -2.32. The minimum Gasteiger partial charge on any atom is -0.477 e. The average molecular weight is 320 g/mol. The van der Waals surface area contributed by atoms with Crippen molar-refractivity contribution in [2.45, 2.75) is 17.7 Å². The third kappa shape index (κ3) is 2.85. The lowest BCUT2D eigenvalue weighted by atomic mass is 10.3. The molecule has 1 aromatic carbocycles. The van der Waals surface area contributed by atoms with Gasteiger partial charge in [-0.3, -0.25) is 4.31 Å². The summed E-state index contributed by atoms with van der Waals surface area (Å²) in [7, 11) is -3.78. The predicted molar refractivity (Wildman–Crippen MR) is 81.4 cm³/mol. The molecule has 2 N–H and O–H groups in total. The number of anilines is 1. The molecule has 22 heavy (non-hydrogen) atoms. The number of benzene rings is 1. The van der Waals surface area contributed by atoms with Gasteiger partial charge in [-0.2, -0.15) is 0 Å². The van der Waals surface area contributed by atoms with Crippen LogP contribution < -0.4 is 4.31 Å². The van der Waals surface area contributed by atoms with Gasteiger partial charge in [-0.1, -0.05) is 18.2 Å². The Kier molecular flexibility index (Phi) is 3.66. The molecule has 1 aromatic heterocycles. The summed E-state index contributed by atoms with van der Waals surface area (Å²) in [6, 6.07) is 10.0. The number of H-pyrrole nitrogens is 1. The maximum Gasteiger partial charge on any atom is 0.352 e. The largest absolute Gasteiger partial charge is 0.477 e. The molecule has 0 saturated heterocycles. The van der Waals surface area contributed by atoms with Gasteiger partial charge >= 0.3 is 5.97 Å². The van der Waals surface area contributed by atoms with E-state index in [1.54, 1.807) is 24.3 Å². The van der Waals surface area contributed by atoms with Crippen LogP contribution in [0.5, 0.6) is 0 Å². The number of carboxylic acids is 1. The second-order valence-electron chi connectivity index (χ2n) is 5.37. The number of rotatable bonds is 6. The second-order valence-corrected chi connectivity index (χ2v) is 7.23. The molecule has 0 amide bonds. The fourth-order valence-electron chi connectivity index (χ4n) is 2.25. The third-order valence-corrected chi connectivity index (χ3v) is 5.41. The quantitative estimate of drug-likeness (QED) is 0.854. The normalized spacial score (nSPS) is 14.7. The van der Waals surface area contributed by atoms with Gasteiger partial charge in [0.25, 0.3) is 10.0 Å². The van der Waals surface area contributed by atoms with Crippen molar-refractivity contribution in [3.05, 3.63) is 48.3 Å². The Morgan fingerprint density at radius 2 is 1.95 bits per heavy atom. The molecular formula is C15H16N2O4S. The molecule has 7 heteroatoms. The monoisotopic (exact) mass is 320 g/mol. The fourth-order valence-corrected chi connectivity index (χ4v) is 3.78. The van der Waals surface area contributed by atoms with Crippen molar-refractivity contribution in [2.24, 2.45) is 5.92 Å². The number of carbonyl (C=O) groups is 1. The molecule has 116 valence electrons. The van der Waals surface area contributed by atoms with E-state index in [1.165, 1.54) is 10.5 Å². The summed E-state index contributed by atoms with van der Waals surface area (Å²) < 4.78 is 27.1. The first-order valence-corrected chi connectivity index (χ1v) is 8.42. The Labute approximate surface area is 128 Å². The Morgan fingerprint density at radius 1 is 1.27 bits per heavy atom. The lowest BCUT2D eigenvalue weighted by molar-refractivity contribution is 0.0691. The zero-order valence-corrected chi connectivity index (χ0v) is 12.6.